The Morgan fingerprint density at radius 2 is 1.70 bits per heavy atom. The van der Waals surface area contributed by atoms with Crippen LogP contribution in [0.25, 0.3) is 0 Å². The maximum absolute atomic E-state index is 12.3. The molecule has 3 atom stereocenters. The lowest BCUT2D eigenvalue weighted by atomic mass is 9.81. The molecule has 0 aromatic heterocycles. The standard InChI is InChI=1S/C15H23NO4/c1-9(2)7-10(15(19)20)8-16-13(17)11-5-3-4-6-12(11)14(16)18/h9-12H,3-8H2,1-2H3,(H,19,20). The van der Waals surface area contributed by atoms with Crippen LogP contribution in [0.4, 0.5) is 0 Å². The van der Waals surface area contributed by atoms with E-state index in [4.69, 9.17) is 0 Å². The third-order valence-electron chi connectivity index (χ3n) is 4.44. The number of carboxylic acid groups (broad SMARTS) is 1. The van der Waals surface area contributed by atoms with Crippen molar-refractivity contribution < 1.29 is 19.5 Å². The number of rotatable bonds is 5. The lowest BCUT2D eigenvalue weighted by Crippen LogP contribution is -2.38. The number of imide groups is 1. The number of aliphatic carboxylic acids is 1. The number of likely N-dealkylation sites (tertiary alicyclic amines) is 1. The minimum absolute atomic E-state index is 0.0399. The average molecular weight is 281 g/mol. The van der Waals surface area contributed by atoms with Crippen LogP contribution in [-0.4, -0.2) is 34.3 Å². The van der Waals surface area contributed by atoms with E-state index in [1.807, 2.05) is 13.8 Å². The quantitative estimate of drug-likeness (QED) is 0.781. The van der Waals surface area contributed by atoms with Gasteiger partial charge < -0.3 is 5.11 Å². The van der Waals surface area contributed by atoms with Crippen LogP contribution in [0.15, 0.2) is 0 Å². The maximum Gasteiger partial charge on any atom is 0.308 e. The van der Waals surface area contributed by atoms with Crippen molar-refractivity contribution in [3.8, 4) is 0 Å². The van der Waals surface area contributed by atoms with E-state index in [2.05, 4.69) is 0 Å². The van der Waals surface area contributed by atoms with E-state index in [1.54, 1.807) is 0 Å². The molecule has 2 fully saturated rings. The molecule has 0 aromatic rings. The van der Waals surface area contributed by atoms with Gasteiger partial charge in [-0.25, -0.2) is 0 Å². The molecule has 1 N–H and O–H groups in total. The first-order valence-electron chi connectivity index (χ1n) is 7.49. The average Bonchev–Trinajstić information content (AvgIpc) is 2.63. The van der Waals surface area contributed by atoms with Crippen LogP contribution in [-0.2, 0) is 14.4 Å². The van der Waals surface area contributed by atoms with E-state index >= 15 is 0 Å². The van der Waals surface area contributed by atoms with Gasteiger partial charge in [-0.2, -0.15) is 0 Å². The van der Waals surface area contributed by atoms with Gasteiger partial charge in [-0.15, -0.1) is 0 Å². The molecule has 1 saturated heterocycles. The largest absolute Gasteiger partial charge is 0.481 e. The smallest absolute Gasteiger partial charge is 0.308 e. The van der Waals surface area contributed by atoms with Crippen molar-refractivity contribution in [2.24, 2.45) is 23.7 Å². The fraction of sp³-hybridized carbons (Fsp3) is 0.800. The van der Waals surface area contributed by atoms with Crippen LogP contribution in [0.2, 0.25) is 0 Å². The van der Waals surface area contributed by atoms with Gasteiger partial charge in [0, 0.05) is 6.54 Å². The molecule has 0 radical (unpaired) electrons. The zero-order chi connectivity index (χ0) is 14.9. The highest BCUT2D eigenvalue weighted by Crippen LogP contribution is 2.38. The fourth-order valence-corrected chi connectivity index (χ4v) is 3.45. The molecule has 3 unspecified atom stereocenters. The third kappa shape index (κ3) is 2.86. The van der Waals surface area contributed by atoms with Crippen LogP contribution >= 0.6 is 0 Å². The van der Waals surface area contributed by atoms with E-state index in [-0.39, 0.29) is 36.1 Å². The molecule has 0 bridgehead atoms. The summed E-state index contributed by atoms with van der Waals surface area (Å²) in [7, 11) is 0. The summed E-state index contributed by atoms with van der Waals surface area (Å²) in [6.07, 6.45) is 4.01. The molecule has 112 valence electrons. The second kappa shape index (κ2) is 5.94. The predicted octanol–water partition coefficient (Wildman–Crippen LogP) is 1.91. The molecule has 5 nitrogen and oxygen atoms in total. The lowest BCUT2D eigenvalue weighted by Gasteiger charge is -2.21. The molecular weight excluding hydrogens is 258 g/mol. The minimum atomic E-state index is -0.922. The van der Waals surface area contributed by atoms with E-state index in [9.17, 15) is 19.5 Å². The molecule has 5 heteroatoms. The molecule has 2 rings (SSSR count). The van der Waals surface area contributed by atoms with Gasteiger partial charge in [-0.3, -0.25) is 19.3 Å². The second-order valence-electron chi connectivity index (χ2n) is 6.45. The van der Waals surface area contributed by atoms with Gasteiger partial charge in [0.2, 0.25) is 11.8 Å². The summed E-state index contributed by atoms with van der Waals surface area (Å²) in [5.74, 6) is -2.01. The maximum atomic E-state index is 12.3. The summed E-state index contributed by atoms with van der Waals surface area (Å²) in [4.78, 5) is 37.1. The van der Waals surface area contributed by atoms with Crippen molar-refractivity contribution in [3.63, 3.8) is 0 Å². The summed E-state index contributed by atoms with van der Waals surface area (Å²) in [6.45, 7) is 3.94. The normalized spacial score (nSPS) is 27.9. The number of nitrogens with zero attached hydrogens (tertiary/aromatic N) is 1. The zero-order valence-corrected chi connectivity index (χ0v) is 12.2. The Morgan fingerprint density at radius 3 is 2.10 bits per heavy atom. The number of carboxylic acids is 1. The summed E-state index contributed by atoms with van der Waals surface area (Å²) < 4.78 is 0. The van der Waals surface area contributed by atoms with Gasteiger partial charge in [0.25, 0.3) is 0 Å². The van der Waals surface area contributed by atoms with Crippen LogP contribution in [0.5, 0.6) is 0 Å². The fourth-order valence-electron chi connectivity index (χ4n) is 3.45. The van der Waals surface area contributed by atoms with Gasteiger partial charge in [0.15, 0.2) is 0 Å². The van der Waals surface area contributed by atoms with E-state index in [0.29, 0.717) is 6.42 Å². The molecule has 1 saturated carbocycles. The molecule has 0 spiro atoms. The topological polar surface area (TPSA) is 74.7 Å². The van der Waals surface area contributed by atoms with Gasteiger partial charge >= 0.3 is 5.97 Å². The number of carbonyl (C=O) groups is 3. The van der Waals surface area contributed by atoms with Crippen LogP contribution < -0.4 is 0 Å². The Labute approximate surface area is 119 Å². The molecule has 1 aliphatic heterocycles. The van der Waals surface area contributed by atoms with Crippen molar-refractivity contribution in [1.29, 1.82) is 0 Å². The first kappa shape index (κ1) is 15.0. The highest BCUT2D eigenvalue weighted by atomic mass is 16.4. The highest BCUT2D eigenvalue weighted by Gasteiger charge is 2.48. The molecule has 1 aliphatic carbocycles. The van der Waals surface area contributed by atoms with Crippen LogP contribution in [0.1, 0.15) is 46.0 Å². The van der Waals surface area contributed by atoms with Crippen LogP contribution in [0.3, 0.4) is 0 Å². The first-order chi connectivity index (χ1) is 9.41. The molecule has 1 heterocycles. The van der Waals surface area contributed by atoms with Crippen molar-refractivity contribution in [3.05, 3.63) is 0 Å². The van der Waals surface area contributed by atoms with Crippen molar-refractivity contribution in [2.75, 3.05) is 6.54 Å². The monoisotopic (exact) mass is 281 g/mol. The summed E-state index contributed by atoms with van der Waals surface area (Å²) >= 11 is 0. The Kier molecular flexibility index (Phi) is 4.45. The number of hydrogen-bond donors (Lipinski definition) is 1. The number of hydrogen-bond acceptors (Lipinski definition) is 3. The highest BCUT2D eigenvalue weighted by molar-refractivity contribution is 6.05. The van der Waals surface area contributed by atoms with Crippen molar-refractivity contribution in [1.82, 2.24) is 4.90 Å². The Bertz CT molecular complexity index is 394. The lowest BCUT2D eigenvalue weighted by molar-refractivity contribution is -0.146. The molecule has 2 aliphatic rings. The zero-order valence-electron chi connectivity index (χ0n) is 12.2. The van der Waals surface area contributed by atoms with Gasteiger partial charge in [-0.1, -0.05) is 26.7 Å². The van der Waals surface area contributed by atoms with Crippen LogP contribution in [0, 0.1) is 23.7 Å². The van der Waals surface area contributed by atoms with E-state index in [0.717, 1.165) is 25.7 Å². The first-order valence-corrected chi connectivity index (χ1v) is 7.49. The number of fused-ring (bicyclic) bond motifs is 1. The van der Waals surface area contributed by atoms with Gasteiger partial charge in [-0.05, 0) is 25.2 Å². The van der Waals surface area contributed by atoms with Gasteiger partial charge in [0.05, 0.1) is 17.8 Å². The van der Waals surface area contributed by atoms with E-state index < -0.39 is 11.9 Å². The molecule has 20 heavy (non-hydrogen) atoms. The minimum Gasteiger partial charge on any atom is -0.481 e. The number of carbonyl (C=O) groups excluding carboxylic acids is 2. The molecular formula is C15H23NO4. The predicted molar refractivity (Wildman–Crippen MR) is 72.7 cm³/mol. The summed E-state index contributed by atoms with van der Waals surface area (Å²) in [6, 6.07) is 0. The Hall–Kier alpha value is -1.39. The SMILES string of the molecule is CC(C)CC(CN1C(=O)C2CCCCC2C1=O)C(=O)O. The Balaban J connectivity index is 2.09. The van der Waals surface area contributed by atoms with Gasteiger partial charge in [0.1, 0.15) is 0 Å². The summed E-state index contributed by atoms with van der Waals surface area (Å²) in [5.41, 5.74) is 0. The number of amides is 2. The third-order valence-corrected chi connectivity index (χ3v) is 4.44. The second-order valence-corrected chi connectivity index (χ2v) is 6.45. The van der Waals surface area contributed by atoms with E-state index in [1.165, 1.54) is 4.90 Å². The van der Waals surface area contributed by atoms with Crippen molar-refractivity contribution >= 4 is 17.8 Å². The molecule has 2 amide bonds. The Morgan fingerprint density at radius 1 is 1.20 bits per heavy atom. The summed E-state index contributed by atoms with van der Waals surface area (Å²) in [5, 5.41) is 9.26. The van der Waals surface area contributed by atoms with Crippen molar-refractivity contribution in [2.45, 2.75) is 46.0 Å². The molecule has 0 aromatic carbocycles.